The van der Waals surface area contributed by atoms with Crippen molar-refractivity contribution in [1.82, 2.24) is 15.5 Å². The Bertz CT molecular complexity index is 869. The van der Waals surface area contributed by atoms with Crippen LogP contribution in [0.3, 0.4) is 0 Å². The Hall–Kier alpha value is -3.67. The van der Waals surface area contributed by atoms with Gasteiger partial charge in [0.15, 0.2) is 0 Å². The quantitative estimate of drug-likeness (QED) is 0.309. The fourth-order valence-electron chi connectivity index (χ4n) is 2.96. The van der Waals surface area contributed by atoms with Crippen molar-refractivity contribution in [1.29, 1.82) is 0 Å². The number of amides is 4. The molecule has 4 amide bonds. The zero-order valence-electron chi connectivity index (χ0n) is 19.7. The summed E-state index contributed by atoms with van der Waals surface area (Å²) in [6.07, 6.45) is -1.55. The third-order valence-electron chi connectivity index (χ3n) is 4.33. The summed E-state index contributed by atoms with van der Waals surface area (Å²) < 4.78 is 9.68. The van der Waals surface area contributed by atoms with Crippen molar-refractivity contribution in [2.75, 3.05) is 26.8 Å². The van der Waals surface area contributed by atoms with Gasteiger partial charge in [-0.3, -0.25) is 19.2 Å². The normalized spacial score (nSPS) is 12.6. The number of carbonyl (C=O) groups is 5. The molecule has 12 nitrogen and oxygen atoms in total. The molecule has 0 heterocycles. The number of nitrogens with one attached hydrogen (secondary N) is 2. The Balaban J connectivity index is 3.34. The molecule has 0 bridgehead atoms. The van der Waals surface area contributed by atoms with E-state index in [1.165, 1.54) is 0 Å². The molecule has 1 aromatic rings. The highest BCUT2D eigenvalue weighted by atomic mass is 16.6. The summed E-state index contributed by atoms with van der Waals surface area (Å²) in [6, 6.07) is 5.34. The number of methoxy groups -OCH3 is 1. The number of nitrogens with zero attached hydrogens (tertiary/aromatic N) is 1. The lowest BCUT2D eigenvalue weighted by atomic mass is 10.0. The monoisotopic (exact) mass is 480 g/mol. The number of ether oxygens (including phenoxy) is 2. The molecule has 12 heteroatoms. The summed E-state index contributed by atoms with van der Waals surface area (Å²) in [5.41, 5.74) is 4.75. The molecule has 0 aliphatic carbocycles. The van der Waals surface area contributed by atoms with Crippen molar-refractivity contribution in [2.45, 2.75) is 44.9 Å². The number of alkyl carbamates (subject to hydrolysis) is 1. The molecular weight excluding hydrogens is 448 g/mol. The van der Waals surface area contributed by atoms with Crippen molar-refractivity contribution in [3.05, 3.63) is 35.9 Å². The average molecular weight is 481 g/mol. The molecular formula is C22H32N4O8. The maximum absolute atomic E-state index is 13.4. The molecule has 0 aromatic heterocycles. The van der Waals surface area contributed by atoms with E-state index in [4.69, 9.17) is 10.5 Å². The number of primary amides is 1. The number of hydrogen-bond donors (Lipinski definition) is 4. The number of hydrogen-bond acceptors (Lipinski definition) is 8. The maximum Gasteiger partial charge on any atom is 0.408 e. The Morgan fingerprint density at radius 1 is 1.12 bits per heavy atom. The van der Waals surface area contributed by atoms with Crippen molar-refractivity contribution in [2.24, 2.45) is 5.73 Å². The second-order valence-electron chi connectivity index (χ2n) is 8.23. The predicted octanol–water partition coefficient (Wildman–Crippen LogP) is -0.393. The smallest absolute Gasteiger partial charge is 0.408 e. The van der Waals surface area contributed by atoms with Gasteiger partial charge in [-0.1, -0.05) is 30.3 Å². The molecule has 0 saturated heterocycles. The summed E-state index contributed by atoms with van der Waals surface area (Å²) in [5, 5.41) is 14.3. The molecule has 1 rings (SSSR count). The molecule has 2 unspecified atom stereocenters. The molecule has 0 aliphatic rings. The van der Waals surface area contributed by atoms with E-state index >= 15 is 0 Å². The first-order valence-corrected chi connectivity index (χ1v) is 10.5. The van der Waals surface area contributed by atoms with Crippen molar-refractivity contribution in [3.63, 3.8) is 0 Å². The number of nitrogens with two attached hydrogens (primary N) is 1. The molecule has 0 aliphatic heterocycles. The summed E-state index contributed by atoms with van der Waals surface area (Å²) in [4.78, 5) is 62.9. The summed E-state index contributed by atoms with van der Waals surface area (Å²) in [5.74, 6) is -3.20. The van der Waals surface area contributed by atoms with Gasteiger partial charge in [-0.2, -0.15) is 0 Å². The highest BCUT2D eigenvalue weighted by molar-refractivity contribution is 5.95. The molecule has 0 radical (unpaired) electrons. The minimum absolute atomic E-state index is 0.324. The average Bonchev–Trinajstić information content (AvgIpc) is 2.75. The van der Waals surface area contributed by atoms with Gasteiger partial charge in [0.2, 0.25) is 17.7 Å². The Morgan fingerprint density at radius 3 is 2.24 bits per heavy atom. The van der Waals surface area contributed by atoms with E-state index in [9.17, 15) is 29.1 Å². The van der Waals surface area contributed by atoms with Crippen molar-refractivity contribution in [3.8, 4) is 0 Å². The van der Waals surface area contributed by atoms with E-state index in [1.807, 2.05) is 0 Å². The van der Waals surface area contributed by atoms with Gasteiger partial charge in [0.25, 0.3) is 0 Å². The summed E-state index contributed by atoms with van der Waals surface area (Å²) in [7, 11) is 1.15. The van der Waals surface area contributed by atoms with E-state index in [2.05, 4.69) is 15.4 Å². The van der Waals surface area contributed by atoms with Crippen LogP contribution in [0.4, 0.5) is 4.79 Å². The molecule has 188 valence electrons. The van der Waals surface area contributed by atoms with E-state index in [1.54, 1.807) is 51.1 Å². The van der Waals surface area contributed by atoms with E-state index in [-0.39, 0.29) is 6.54 Å². The third-order valence-corrected chi connectivity index (χ3v) is 4.33. The minimum atomic E-state index is -1.47. The summed E-state index contributed by atoms with van der Waals surface area (Å²) in [6.45, 7) is 3.54. The van der Waals surface area contributed by atoms with E-state index < -0.39 is 67.0 Å². The second-order valence-corrected chi connectivity index (χ2v) is 8.23. The van der Waals surface area contributed by atoms with Crippen LogP contribution in [-0.4, -0.2) is 78.2 Å². The lowest BCUT2D eigenvalue weighted by Crippen LogP contribution is -2.54. The fourth-order valence-corrected chi connectivity index (χ4v) is 2.96. The SMILES string of the molecule is COC(=O)CNC(=O)C(c1ccccc1)N(CCO)C(=O)C(CC(N)=O)NC(=O)OC(C)(C)C. The van der Waals surface area contributed by atoms with Gasteiger partial charge in [-0.25, -0.2) is 4.79 Å². The van der Waals surface area contributed by atoms with Crippen LogP contribution in [0, 0.1) is 0 Å². The molecule has 34 heavy (non-hydrogen) atoms. The van der Waals surface area contributed by atoms with Gasteiger partial charge < -0.3 is 35.8 Å². The van der Waals surface area contributed by atoms with E-state index in [0.717, 1.165) is 12.0 Å². The third kappa shape index (κ3) is 9.45. The minimum Gasteiger partial charge on any atom is -0.468 e. The van der Waals surface area contributed by atoms with Crippen LogP contribution in [0.5, 0.6) is 0 Å². The van der Waals surface area contributed by atoms with Crippen LogP contribution in [0.15, 0.2) is 30.3 Å². The van der Waals surface area contributed by atoms with Crippen LogP contribution in [-0.2, 0) is 28.7 Å². The molecule has 0 saturated carbocycles. The standard InChI is InChI=1S/C22H32N4O8/c1-22(2,3)34-21(32)25-15(12-16(23)28)20(31)26(10-11-27)18(14-8-6-5-7-9-14)19(30)24-13-17(29)33-4/h5-9,15,18,27H,10-13H2,1-4H3,(H2,23,28)(H,24,30)(H,25,32). The Kier molecular flexibility index (Phi) is 11.0. The highest BCUT2D eigenvalue weighted by Crippen LogP contribution is 2.23. The number of carbonyl (C=O) groups excluding carboxylic acids is 5. The van der Waals surface area contributed by atoms with Gasteiger partial charge in [0.1, 0.15) is 24.2 Å². The topological polar surface area (TPSA) is 177 Å². The van der Waals surface area contributed by atoms with Crippen LogP contribution in [0.2, 0.25) is 0 Å². The Morgan fingerprint density at radius 2 is 1.74 bits per heavy atom. The first kappa shape index (κ1) is 28.4. The molecule has 5 N–H and O–H groups in total. The fraction of sp³-hybridized carbons (Fsp3) is 0.500. The molecule has 0 spiro atoms. The first-order valence-electron chi connectivity index (χ1n) is 10.5. The predicted molar refractivity (Wildman–Crippen MR) is 120 cm³/mol. The molecule has 0 fully saturated rings. The largest absolute Gasteiger partial charge is 0.468 e. The lowest BCUT2D eigenvalue weighted by molar-refractivity contribution is -0.145. The number of rotatable bonds is 11. The number of aliphatic hydroxyl groups is 1. The highest BCUT2D eigenvalue weighted by Gasteiger charge is 2.36. The van der Waals surface area contributed by atoms with Crippen molar-refractivity contribution < 1.29 is 38.6 Å². The van der Waals surface area contributed by atoms with Crippen LogP contribution >= 0.6 is 0 Å². The van der Waals surface area contributed by atoms with Crippen LogP contribution in [0.1, 0.15) is 38.8 Å². The van der Waals surface area contributed by atoms with Gasteiger partial charge in [0, 0.05) is 6.54 Å². The first-order chi connectivity index (χ1) is 15.9. The summed E-state index contributed by atoms with van der Waals surface area (Å²) >= 11 is 0. The number of aliphatic hydroxyl groups excluding tert-OH is 1. The molecule has 2 atom stereocenters. The lowest BCUT2D eigenvalue weighted by Gasteiger charge is -2.33. The maximum atomic E-state index is 13.4. The zero-order chi connectivity index (χ0) is 25.9. The second kappa shape index (κ2) is 13.1. The van der Waals surface area contributed by atoms with Crippen LogP contribution in [0.25, 0.3) is 0 Å². The molecule has 1 aromatic carbocycles. The van der Waals surface area contributed by atoms with Gasteiger partial charge >= 0.3 is 12.1 Å². The van der Waals surface area contributed by atoms with Crippen molar-refractivity contribution >= 4 is 29.8 Å². The number of esters is 1. The zero-order valence-corrected chi connectivity index (χ0v) is 19.7. The van der Waals surface area contributed by atoms with Crippen LogP contribution < -0.4 is 16.4 Å². The Labute approximate surface area is 197 Å². The van der Waals surface area contributed by atoms with Gasteiger partial charge in [0.05, 0.1) is 20.1 Å². The van der Waals surface area contributed by atoms with Gasteiger partial charge in [-0.15, -0.1) is 0 Å². The number of benzene rings is 1. The van der Waals surface area contributed by atoms with Gasteiger partial charge in [-0.05, 0) is 26.3 Å². The van der Waals surface area contributed by atoms with E-state index in [0.29, 0.717) is 5.56 Å².